The number of hydrogen-bond donors (Lipinski definition) is 2. The standard InChI is InChI=1S/C24H27ClN2O3/c1-24(2,3)27-15-20(23(30)26-14-17-6-9-18(25)10-7-17)22(29)19-13-16(5-4-12-28)8-11-21(19)27/h6-11,13,15,28H,4-5,12,14H2,1-3H3,(H,26,30)/p+1. The molecule has 6 heteroatoms. The van der Waals surface area contributed by atoms with Crippen molar-refractivity contribution in [1.82, 2.24) is 4.57 Å². The van der Waals surface area contributed by atoms with Gasteiger partial charge in [-0.1, -0.05) is 29.8 Å². The van der Waals surface area contributed by atoms with Gasteiger partial charge in [-0.05, 0) is 63.4 Å². The van der Waals surface area contributed by atoms with E-state index in [-0.39, 0.29) is 29.0 Å². The minimum atomic E-state index is -0.302. The number of benzene rings is 2. The van der Waals surface area contributed by atoms with Crippen LogP contribution in [0.4, 0.5) is 0 Å². The summed E-state index contributed by atoms with van der Waals surface area (Å²) in [5.74, 6) is -0.282. The van der Waals surface area contributed by atoms with Crippen molar-refractivity contribution >= 4 is 28.4 Å². The number of halogens is 1. The molecule has 0 aliphatic carbocycles. The molecule has 3 rings (SSSR count). The molecule has 3 aromatic rings. The summed E-state index contributed by atoms with van der Waals surface area (Å²) in [7, 11) is 0. The quantitative estimate of drug-likeness (QED) is 0.634. The monoisotopic (exact) mass is 427 g/mol. The zero-order chi connectivity index (χ0) is 21.9. The number of rotatable bonds is 6. The number of nitrogens with zero attached hydrogens (tertiary/aromatic N) is 1. The van der Waals surface area contributed by atoms with E-state index in [1.807, 2.05) is 55.7 Å². The number of aliphatic hydroxyl groups excluding tert-OH is 1. The van der Waals surface area contributed by atoms with Crippen molar-refractivity contribution in [2.75, 3.05) is 6.61 Å². The lowest BCUT2D eigenvalue weighted by molar-refractivity contribution is -0.571. The highest BCUT2D eigenvalue weighted by molar-refractivity contribution is 6.30. The minimum absolute atomic E-state index is 0.0996. The molecule has 0 fully saturated rings. The molecule has 0 aliphatic heterocycles. The van der Waals surface area contributed by atoms with Crippen LogP contribution in [0.1, 0.15) is 48.7 Å². The molecular formula is C24H28ClN2O3+. The number of aryl methyl sites for hydroxylation is 1. The molecule has 0 aliphatic rings. The Morgan fingerprint density at radius 2 is 1.77 bits per heavy atom. The largest absolute Gasteiger partial charge is 0.396 e. The Bertz CT molecular complexity index is 1110. The van der Waals surface area contributed by atoms with Crippen LogP contribution in [-0.2, 0) is 18.5 Å². The number of fused-ring (bicyclic) bond motifs is 1. The number of hydrogen-bond acceptors (Lipinski definition) is 3. The first kappa shape index (κ1) is 22.2. The molecule has 158 valence electrons. The second-order valence-electron chi connectivity index (χ2n) is 8.49. The van der Waals surface area contributed by atoms with Crippen LogP contribution in [-0.4, -0.2) is 22.2 Å². The summed E-state index contributed by atoms with van der Waals surface area (Å²) >= 11 is 5.92. The number of nitrogens with two attached hydrogens (primary N) is 1. The van der Waals surface area contributed by atoms with Gasteiger partial charge >= 0.3 is 5.91 Å². The van der Waals surface area contributed by atoms with E-state index < -0.39 is 0 Å². The lowest BCUT2D eigenvalue weighted by Crippen LogP contribution is -2.87. The summed E-state index contributed by atoms with van der Waals surface area (Å²) in [6.45, 7) is 6.66. The minimum Gasteiger partial charge on any atom is -0.396 e. The number of carbonyl (C=O) groups excluding carboxylic acids is 1. The van der Waals surface area contributed by atoms with E-state index in [2.05, 4.69) is 0 Å². The summed E-state index contributed by atoms with van der Waals surface area (Å²) in [6.07, 6.45) is 2.99. The van der Waals surface area contributed by atoms with Crippen LogP contribution in [0.25, 0.3) is 10.9 Å². The van der Waals surface area contributed by atoms with E-state index in [1.54, 1.807) is 23.6 Å². The van der Waals surface area contributed by atoms with Crippen LogP contribution < -0.4 is 10.7 Å². The van der Waals surface area contributed by atoms with Gasteiger partial charge in [0, 0.05) is 34.3 Å². The van der Waals surface area contributed by atoms with Gasteiger partial charge < -0.3 is 9.67 Å². The van der Waals surface area contributed by atoms with Crippen molar-refractivity contribution in [3.8, 4) is 0 Å². The van der Waals surface area contributed by atoms with E-state index in [0.29, 0.717) is 29.8 Å². The lowest BCUT2D eigenvalue weighted by Gasteiger charge is -2.26. The third-order valence-corrected chi connectivity index (χ3v) is 5.37. The molecule has 0 saturated heterocycles. The summed E-state index contributed by atoms with van der Waals surface area (Å²) in [4.78, 5) is 26.2. The van der Waals surface area contributed by atoms with Gasteiger partial charge in [-0.3, -0.25) is 10.1 Å². The smallest absolute Gasteiger partial charge is 0.348 e. The van der Waals surface area contributed by atoms with Gasteiger partial charge in [0.25, 0.3) is 0 Å². The van der Waals surface area contributed by atoms with E-state index in [9.17, 15) is 9.59 Å². The molecule has 5 nitrogen and oxygen atoms in total. The van der Waals surface area contributed by atoms with Gasteiger partial charge in [-0.25, -0.2) is 4.79 Å². The molecule has 1 aromatic heterocycles. The molecule has 0 saturated carbocycles. The van der Waals surface area contributed by atoms with Crippen LogP contribution in [0.3, 0.4) is 0 Å². The number of aromatic nitrogens is 1. The maximum absolute atomic E-state index is 13.2. The molecule has 30 heavy (non-hydrogen) atoms. The zero-order valence-electron chi connectivity index (χ0n) is 17.6. The second-order valence-corrected chi connectivity index (χ2v) is 8.93. The molecule has 1 heterocycles. The number of carbonyl (C=O) groups is 1. The van der Waals surface area contributed by atoms with Crippen molar-refractivity contribution in [1.29, 1.82) is 0 Å². The van der Waals surface area contributed by atoms with Crippen molar-refractivity contribution in [2.24, 2.45) is 0 Å². The molecule has 0 spiro atoms. The number of quaternary nitrogens is 1. The molecule has 0 unspecified atom stereocenters. The highest BCUT2D eigenvalue weighted by atomic mass is 35.5. The normalized spacial score (nSPS) is 11.8. The fraction of sp³-hybridized carbons (Fsp3) is 0.333. The first-order chi connectivity index (χ1) is 14.2. The molecule has 2 aromatic carbocycles. The van der Waals surface area contributed by atoms with Gasteiger partial charge in [0.1, 0.15) is 12.1 Å². The SMILES string of the molecule is CC(C)(C)n1cc(C(=O)[NH2+]Cc2ccc(Cl)cc2)c(=O)c2cc(CCCO)ccc21. The van der Waals surface area contributed by atoms with Crippen LogP contribution >= 0.6 is 11.6 Å². The molecule has 3 N–H and O–H groups in total. The van der Waals surface area contributed by atoms with E-state index in [4.69, 9.17) is 16.7 Å². The maximum atomic E-state index is 13.2. The Balaban J connectivity index is 2.01. The fourth-order valence-corrected chi connectivity index (χ4v) is 3.61. The van der Waals surface area contributed by atoms with Crippen LogP contribution in [0.2, 0.25) is 5.02 Å². The third kappa shape index (κ3) is 4.98. The van der Waals surface area contributed by atoms with Crippen LogP contribution in [0.15, 0.2) is 53.5 Å². The van der Waals surface area contributed by atoms with Gasteiger partial charge in [-0.2, -0.15) is 0 Å². The second kappa shape index (κ2) is 9.13. The predicted octanol–water partition coefficient (Wildman–Crippen LogP) is 3.24. The first-order valence-corrected chi connectivity index (χ1v) is 10.5. The fourth-order valence-electron chi connectivity index (χ4n) is 3.49. The van der Waals surface area contributed by atoms with Gasteiger partial charge in [0.15, 0.2) is 0 Å². The third-order valence-electron chi connectivity index (χ3n) is 5.12. The summed E-state index contributed by atoms with van der Waals surface area (Å²) in [5, 5.41) is 11.8. The summed E-state index contributed by atoms with van der Waals surface area (Å²) < 4.78 is 1.99. The van der Waals surface area contributed by atoms with Crippen molar-refractivity contribution in [2.45, 2.75) is 45.7 Å². The number of aliphatic hydroxyl groups is 1. The Hall–Kier alpha value is -2.47. The topological polar surface area (TPSA) is 75.9 Å². The number of amides is 1. The van der Waals surface area contributed by atoms with Gasteiger partial charge in [0.2, 0.25) is 5.43 Å². The molecule has 1 amide bonds. The lowest BCUT2D eigenvalue weighted by atomic mass is 10.0. The Kier molecular flexibility index (Phi) is 6.76. The molecular weight excluding hydrogens is 400 g/mol. The number of pyridine rings is 1. The summed E-state index contributed by atoms with van der Waals surface area (Å²) in [5.41, 5.74) is 2.35. The zero-order valence-corrected chi connectivity index (χ0v) is 18.4. The maximum Gasteiger partial charge on any atom is 0.348 e. The average Bonchev–Trinajstić information content (AvgIpc) is 2.71. The Morgan fingerprint density at radius 1 is 1.10 bits per heavy atom. The first-order valence-electron chi connectivity index (χ1n) is 10.1. The van der Waals surface area contributed by atoms with Crippen LogP contribution in [0.5, 0.6) is 0 Å². The Morgan fingerprint density at radius 3 is 2.40 bits per heavy atom. The van der Waals surface area contributed by atoms with Gasteiger partial charge in [0.05, 0.1) is 5.52 Å². The van der Waals surface area contributed by atoms with Crippen molar-refractivity contribution in [3.63, 3.8) is 0 Å². The van der Waals surface area contributed by atoms with E-state index in [1.165, 1.54) is 0 Å². The van der Waals surface area contributed by atoms with Crippen LogP contribution in [0, 0.1) is 0 Å². The number of primary amides is 1. The molecule has 0 bridgehead atoms. The highest BCUT2D eigenvalue weighted by Gasteiger charge is 2.23. The highest BCUT2D eigenvalue weighted by Crippen LogP contribution is 2.23. The van der Waals surface area contributed by atoms with E-state index >= 15 is 0 Å². The van der Waals surface area contributed by atoms with E-state index in [0.717, 1.165) is 16.6 Å². The predicted molar refractivity (Wildman–Crippen MR) is 120 cm³/mol. The average molecular weight is 428 g/mol. The van der Waals surface area contributed by atoms with Crippen molar-refractivity contribution in [3.05, 3.63) is 80.6 Å². The van der Waals surface area contributed by atoms with Gasteiger partial charge in [-0.15, -0.1) is 0 Å². The summed E-state index contributed by atoms with van der Waals surface area (Å²) in [6, 6.07) is 13.1. The van der Waals surface area contributed by atoms with Crippen molar-refractivity contribution < 1.29 is 15.2 Å². The molecule has 0 radical (unpaired) electrons. The molecule has 0 atom stereocenters. The Labute approximate surface area is 181 Å².